The molecular formula is C11H9ClF3NO4S. The monoisotopic (exact) mass is 343 g/mol. The quantitative estimate of drug-likeness (QED) is 0.911. The third-order valence-corrected chi connectivity index (χ3v) is 5.24. The summed E-state index contributed by atoms with van der Waals surface area (Å²) in [5, 5.41) is 8.08. The summed E-state index contributed by atoms with van der Waals surface area (Å²) in [6.07, 6.45) is -4.78. The number of nitrogens with zero attached hydrogens (tertiary/aromatic N) is 1. The summed E-state index contributed by atoms with van der Waals surface area (Å²) in [5.41, 5.74) is -1.25. The highest BCUT2D eigenvalue weighted by molar-refractivity contribution is 7.89. The van der Waals surface area contributed by atoms with E-state index in [0.717, 1.165) is 16.4 Å². The van der Waals surface area contributed by atoms with E-state index in [2.05, 4.69) is 0 Å². The van der Waals surface area contributed by atoms with E-state index in [1.165, 1.54) is 0 Å². The minimum atomic E-state index is -4.78. The predicted octanol–water partition coefficient (Wildman–Crippen LogP) is 2.06. The molecule has 0 amide bonds. The van der Waals surface area contributed by atoms with E-state index in [-0.39, 0.29) is 13.1 Å². The van der Waals surface area contributed by atoms with Gasteiger partial charge in [0.15, 0.2) is 0 Å². The Hall–Kier alpha value is -1.32. The van der Waals surface area contributed by atoms with Crippen molar-refractivity contribution in [1.29, 1.82) is 0 Å². The smallest absolute Gasteiger partial charge is 0.417 e. The van der Waals surface area contributed by atoms with Crippen molar-refractivity contribution in [3.8, 4) is 0 Å². The maximum Gasteiger partial charge on any atom is 0.417 e. The Balaban J connectivity index is 2.32. The van der Waals surface area contributed by atoms with Crippen LogP contribution in [0.3, 0.4) is 0 Å². The number of hydrogen-bond donors (Lipinski definition) is 1. The summed E-state index contributed by atoms with van der Waals surface area (Å²) in [7, 11) is -4.16. The standard InChI is InChI=1S/C11H9ClF3NO4S/c12-9-2-1-7(3-8(9)11(13,14)15)21(19,20)16-4-6(5-16)10(17)18/h1-3,6H,4-5H2,(H,17,18). The molecule has 1 saturated heterocycles. The Bertz CT molecular complexity index is 683. The van der Waals surface area contributed by atoms with Crippen LogP contribution in [-0.4, -0.2) is 36.9 Å². The predicted molar refractivity (Wildman–Crippen MR) is 66.3 cm³/mol. The van der Waals surface area contributed by atoms with E-state index in [9.17, 15) is 26.4 Å². The molecule has 1 fully saturated rings. The van der Waals surface area contributed by atoms with Gasteiger partial charge < -0.3 is 5.11 Å². The number of benzene rings is 1. The molecule has 1 aliphatic rings. The van der Waals surface area contributed by atoms with E-state index in [1.54, 1.807) is 0 Å². The molecule has 0 aliphatic carbocycles. The van der Waals surface area contributed by atoms with Crippen molar-refractivity contribution in [1.82, 2.24) is 4.31 Å². The number of hydrogen-bond acceptors (Lipinski definition) is 3. The van der Waals surface area contributed by atoms with Gasteiger partial charge in [-0.1, -0.05) is 11.6 Å². The molecule has 0 saturated carbocycles. The molecule has 2 rings (SSSR count). The van der Waals surface area contributed by atoms with E-state index >= 15 is 0 Å². The minimum absolute atomic E-state index is 0.262. The van der Waals surface area contributed by atoms with Gasteiger partial charge in [-0.25, -0.2) is 8.42 Å². The van der Waals surface area contributed by atoms with Gasteiger partial charge in [0, 0.05) is 13.1 Å². The number of alkyl halides is 3. The summed E-state index contributed by atoms with van der Waals surface area (Å²) >= 11 is 5.42. The molecular weight excluding hydrogens is 335 g/mol. The Kier molecular flexibility index (Phi) is 3.94. The van der Waals surface area contributed by atoms with Crippen molar-refractivity contribution in [3.05, 3.63) is 28.8 Å². The van der Waals surface area contributed by atoms with Crippen molar-refractivity contribution in [2.45, 2.75) is 11.1 Å². The molecule has 0 unspecified atom stereocenters. The number of sulfonamides is 1. The number of carbonyl (C=O) groups is 1. The molecule has 0 aromatic heterocycles. The number of rotatable bonds is 3. The molecule has 1 heterocycles. The van der Waals surface area contributed by atoms with Crippen molar-refractivity contribution in [2.24, 2.45) is 5.92 Å². The Morgan fingerprint density at radius 1 is 1.33 bits per heavy atom. The average molecular weight is 344 g/mol. The van der Waals surface area contributed by atoms with Gasteiger partial charge in [0.1, 0.15) is 0 Å². The average Bonchev–Trinajstić information content (AvgIpc) is 2.24. The largest absolute Gasteiger partial charge is 0.481 e. The van der Waals surface area contributed by atoms with Crippen LogP contribution < -0.4 is 0 Å². The van der Waals surface area contributed by atoms with Crippen molar-refractivity contribution in [2.75, 3.05) is 13.1 Å². The maximum absolute atomic E-state index is 12.7. The fourth-order valence-corrected chi connectivity index (χ4v) is 3.60. The second-order valence-corrected chi connectivity index (χ2v) is 6.84. The van der Waals surface area contributed by atoms with Crippen LogP contribution >= 0.6 is 11.6 Å². The zero-order valence-electron chi connectivity index (χ0n) is 10.3. The van der Waals surface area contributed by atoms with Crippen molar-refractivity contribution in [3.63, 3.8) is 0 Å². The topological polar surface area (TPSA) is 74.7 Å². The van der Waals surface area contributed by atoms with E-state index in [1.807, 2.05) is 0 Å². The number of halogens is 4. The van der Waals surface area contributed by atoms with Gasteiger partial charge in [-0.3, -0.25) is 4.79 Å². The first-order valence-corrected chi connectivity index (χ1v) is 7.45. The van der Waals surface area contributed by atoms with Crippen molar-refractivity contribution >= 4 is 27.6 Å². The molecule has 0 spiro atoms. The van der Waals surface area contributed by atoms with Crippen LogP contribution in [0.1, 0.15) is 5.56 Å². The number of aliphatic carboxylic acids is 1. The fourth-order valence-electron chi connectivity index (χ4n) is 1.82. The highest BCUT2D eigenvalue weighted by Gasteiger charge is 2.41. The van der Waals surface area contributed by atoms with Gasteiger partial charge in [0.05, 0.1) is 21.4 Å². The second-order valence-electron chi connectivity index (χ2n) is 4.50. The molecule has 10 heteroatoms. The molecule has 0 atom stereocenters. The highest BCUT2D eigenvalue weighted by atomic mass is 35.5. The van der Waals surface area contributed by atoms with Crippen LogP contribution in [-0.2, 0) is 21.0 Å². The Morgan fingerprint density at radius 2 is 1.90 bits per heavy atom. The molecule has 1 aromatic rings. The summed E-state index contributed by atoms with van der Waals surface area (Å²) in [5.74, 6) is -1.98. The summed E-state index contributed by atoms with van der Waals surface area (Å²) in [6.45, 7) is -0.525. The SMILES string of the molecule is O=C(O)C1CN(S(=O)(=O)c2ccc(Cl)c(C(F)(F)F)c2)C1. The lowest BCUT2D eigenvalue weighted by Gasteiger charge is -2.35. The van der Waals surface area contributed by atoms with Crippen LogP contribution in [0.4, 0.5) is 13.2 Å². The van der Waals surface area contributed by atoms with Gasteiger partial charge in [-0.15, -0.1) is 0 Å². The van der Waals surface area contributed by atoms with E-state index in [4.69, 9.17) is 16.7 Å². The third kappa shape index (κ3) is 2.99. The lowest BCUT2D eigenvalue weighted by atomic mass is 10.0. The van der Waals surface area contributed by atoms with Gasteiger partial charge >= 0.3 is 12.1 Å². The summed E-state index contributed by atoms with van der Waals surface area (Å²) in [4.78, 5) is 10.1. The van der Waals surface area contributed by atoms with Gasteiger partial charge in [-0.2, -0.15) is 17.5 Å². The van der Waals surface area contributed by atoms with Gasteiger partial charge in [0.25, 0.3) is 0 Å². The lowest BCUT2D eigenvalue weighted by Crippen LogP contribution is -2.52. The second kappa shape index (κ2) is 5.15. The third-order valence-electron chi connectivity index (χ3n) is 3.08. The first-order chi connectivity index (χ1) is 9.53. The summed E-state index contributed by atoms with van der Waals surface area (Å²) in [6, 6.07) is 2.26. The normalized spacial score (nSPS) is 17.5. The molecule has 1 aromatic carbocycles. The molecule has 1 aliphatic heterocycles. The lowest BCUT2D eigenvalue weighted by molar-refractivity contribution is -0.145. The highest BCUT2D eigenvalue weighted by Crippen LogP contribution is 2.37. The molecule has 0 radical (unpaired) electrons. The first-order valence-electron chi connectivity index (χ1n) is 5.63. The van der Waals surface area contributed by atoms with Crippen LogP contribution in [0, 0.1) is 5.92 Å². The maximum atomic E-state index is 12.7. The van der Waals surface area contributed by atoms with Crippen molar-refractivity contribution < 1.29 is 31.5 Å². The molecule has 0 bridgehead atoms. The Labute approximate surface area is 123 Å². The Morgan fingerprint density at radius 3 is 2.38 bits per heavy atom. The molecule has 5 nitrogen and oxygen atoms in total. The fraction of sp³-hybridized carbons (Fsp3) is 0.364. The number of carboxylic acids is 1. The van der Waals surface area contributed by atoms with Crippen LogP contribution in [0.15, 0.2) is 23.1 Å². The number of carboxylic acid groups (broad SMARTS) is 1. The molecule has 21 heavy (non-hydrogen) atoms. The van der Waals surface area contributed by atoms with E-state index in [0.29, 0.717) is 6.07 Å². The molecule has 116 valence electrons. The van der Waals surface area contributed by atoms with Crippen LogP contribution in [0.25, 0.3) is 0 Å². The zero-order chi connectivity index (χ0) is 16.0. The van der Waals surface area contributed by atoms with Crippen LogP contribution in [0.5, 0.6) is 0 Å². The first kappa shape index (κ1) is 16.1. The summed E-state index contributed by atoms with van der Waals surface area (Å²) < 4.78 is 63.1. The van der Waals surface area contributed by atoms with Crippen LogP contribution in [0.2, 0.25) is 5.02 Å². The van der Waals surface area contributed by atoms with Gasteiger partial charge in [-0.05, 0) is 18.2 Å². The zero-order valence-corrected chi connectivity index (χ0v) is 11.8. The molecule has 1 N–H and O–H groups in total. The minimum Gasteiger partial charge on any atom is -0.481 e. The van der Waals surface area contributed by atoms with E-state index < -0.39 is 43.6 Å². The van der Waals surface area contributed by atoms with Gasteiger partial charge in [0.2, 0.25) is 10.0 Å².